The Morgan fingerprint density at radius 3 is 1.95 bits per heavy atom. The van der Waals surface area contributed by atoms with Crippen molar-refractivity contribution in [3.8, 4) is 23.2 Å². The lowest BCUT2D eigenvalue weighted by Crippen LogP contribution is -2.65. The number of alkyl halides is 12. The number of carboxylic acid groups (broad SMARTS) is 3. The smallest absolute Gasteiger partial charge is 0.475 e. The van der Waals surface area contributed by atoms with Crippen LogP contribution in [0.1, 0.15) is 43.6 Å². The highest BCUT2D eigenvalue weighted by Gasteiger charge is 2.48. The fourth-order valence-corrected chi connectivity index (χ4v) is 6.23. The fraction of sp³-hybridized carbons (Fsp3) is 0.514. The zero-order valence-corrected chi connectivity index (χ0v) is 33.2. The minimum Gasteiger partial charge on any atom is -0.475 e. The van der Waals surface area contributed by atoms with Gasteiger partial charge in [0.15, 0.2) is 0 Å². The van der Waals surface area contributed by atoms with Crippen molar-refractivity contribution in [3.63, 3.8) is 0 Å². The number of nitrogens with zero attached hydrogens (tertiary/aromatic N) is 9. The van der Waals surface area contributed by atoms with Crippen LogP contribution in [0.15, 0.2) is 37.1 Å². The Morgan fingerprint density at radius 2 is 1.46 bits per heavy atom. The first kappa shape index (κ1) is 53.0. The van der Waals surface area contributed by atoms with Crippen LogP contribution in [0, 0.1) is 11.3 Å². The summed E-state index contributed by atoms with van der Waals surface area (Å²) in [5, 5.41) is 45.7. The van der Waals surface area contributed by atoms with Gasteiger partial charge in [0, 0.05) is 61.6 Å². The van der Waals surface area contributed by atoms with E-state index in [9.17, 15) is 57.9 Å². The predicted octanol–water partition coefficient (Wildman–Crippen LogP) is 5.27. The van der Waals surface area contributed by atoms with Crippen molar-refractivity contribution >= 4 is 28.9 Å². The Labute approximate surface area is 357 Å². The lowest BCUT2D eigenvalue weighted by molar-refractivity contribution is -0.193. The number of aliphatic carboxylic acids is 3. The first-order chi connectivity index (χ1) is 30.0. The number of halogens is 12. The van der Waals surface area contributed by atoms with Gasteiger partial charge < -0.3 is 30.1 Å². The molecule has 2 fully saturated rings. The van der Waals surface area contributed by atoms with Crippen LogP contribution in [0.5, 0.6) is 5.88 Å². The summed E-state index contributed by atoms with van der Waals surface area (Å²) in [5.41, 5.74) is 2.11. The molecule has 0 amide bonds. The number of hydrogen-bond acceptors (Lipinski definition) is 13. The van der Waals surface area contributed by atoms with Crippen molar-refractivity contribution in [3.05, 3.63) is 48.6 Å². The number of hydrogen-bond donors (Lipinski definition) is 5. The second kappa shape index (κ2) is 21.6. The summed E-state index contributed by atoms with van der Waals surface area (Å²) >= 11 is 0. The summed E-state index contributed by atoms with van der Waals surface area (Å²) in [6.07, 6.45) is -9.88. The van der Waals surface area contributed by atoms with Gasteiger partial charge in [-0.25, -0.2) is 29.3 Å². The standard InChI is InChI=1S/C29H33F3N10O2.3C2HF3O2/c1-40(10-11-43)15-20-12-24(39-27(38-20)29(30,31)32)44-22-4-2-21(3-5-22)41-16-28(17-41,7-8-33)42-14-19(13-37-42)25-23-6-9-34-26(23)36-18-35-25;3*3-2(4,5)1(6)7/h6,9,12-14,18,21-22,43H,2-5,7,10-11,15-17H2,1H3,(H,34,35,36);3*(H,6,7)/t21-,22+;;;. The van der Waals surface area contributed by atoms with Crippen LogP contribution in [0.25, 0.3) is 22.3 Å². The van der Waals surface area contributed by atoms with Crippen LogP contribution < -0.4 is 4.74 Å². The number of fused-ring (bicyclic) bond motifs is 1. The number of aromatic amines is 1. The number of likely N-dealkylation sites (N-methyl/N-ethyl adjacent to an activating group) is 1. The van der Waals surface area contributed by atoms with Crippen LogP contribution >= 0.6 is 0 Å². The minimum atomic E-state index is -5.08. The van der Waals surface area contributed by atoms with Gasteiger partial charge in [-0.2, -0.15) is 68.0 Å². The van der Waals surface area contributed by atoms with Gasteiger partial charge in [-0.3, -0.25) is 14.5 Å². The van der Waals surface area contributed by atoms with Gasteiger partial charge >= 0.3 is 42.6 Å². The molecular weight excluding hydrogens is 916 g/mol. The molecule has 1 saturated carbocycles. The molecule has 65 heavy (non-hydrogen) atoms. The number of likely N-dealkylation sites (tertiary alicyclic amines) is 1. The summed E-state index contributed by atoms with van der Waals surface area (Å²) in [7, 11) is 1.69. The average Bonchev–Trinajstić information content (AvgIpc) is 3.87. The molecule has 0 radical (unpaired) electrons. The molecule has 18 nitrogen and oxygen atoms in total. The predicted molar refractivity (Wildman–Crippen MR) is 193 cm³/mol. The highest BCUT2D eigenvalue weighted by atomic mass is 19.4. The molecule has 30 heteroatoms. The molecule has 0 bridgehead atoms. The van der Waals surface area contributed by atoms with E-state index in [1.807, 2.05) is 23.1 Å². The third-order valence-electron chi connectivity index (χ3n) is 9.20. The summed E-state index contributed by atoms with van der Waals surface area (Å²) in [6.45, 7) is 1.66. The summed E-state index contributed by atoms with van der Waals surface area (Å²) in [4.78, 5) is 49.8. The van der Waals surface area contributed by atoms with Gasteiger partial charge in [-0.1, -0.05) is 0 Å². The van der Waals surface area contributed by atoms with Crippen molar-refractivity contribution in [1.29, 1.82) is 5.26 Å². The quantitative estimate of drug-likeness (QED) is 0.127. The molecule has 4 aromatic rings. The topological polar surface area (TPSA) is 257 Å². The van der Waals surface area contributed by atoms with E-state index in [2.05, 4.69) is 41.0 Å². The van der Waals surface area contributed by atoms with Crippen LogP contribution in [0.3, 0.4) is 0 Å². The molecule has 6 rings (SSSR count). The zero-order valence-electron chi connectivity index (χ0n) is 33.2. The van der Waals surface area contributed by atoms with Crippen molar-refractivity contribution in [2.24, 2.45) is 0 Å². The number of H-pyrrole nitrogens is 1. The Morgan fingerprint density at radius 1 is 0.908 bits per heavy atom. The van der Waals surface area contributed by atoms with E-state index in [0.717, 1.165) is 35.1 Å². The van der Waals surface area contributed by atoms with Gasteiger partial charge in [0.2, 0.25) is 11.7 Å². The largest absolute Gasteiger partial charge is 0.490 e. The van der Waals surface area contributed by atoms with Gasteiger partial charge in [0.1, 0.15) is 23.6 Å². The first-order valence-corrected chi connectivity index (χ1v) is 18.3. The Bertz CT molecular complexity index is 2200. The Balaban J connectivity index is 0.000000443. The lowest BCUT2D eigenvalue weighted by atomic mass is 9.82. The molecule has 0 unspecified atom stereocenters. The number of nitrogens with one attached hydrogen (secondary N) is 1. The van der Waals surface area contributed by atoms with E-state index in [1.54, 1.807) is 18.1 Å². The van der Waals surface area contributed by atoms with Crippen LogP contribution in [-0.2, 0) is 32.6 Å². The summed E-state index contributed by atoms with van der Waals surface area (Å²) in [6, 6.07) is 5.98. The number of aliphatic hydroxyl groups excluding tert-OH is 1. The highest BCUT2D eigenvalue weighted by Crippen LogP contribution is 2.39. The minimum absolute atomic E-state index is 0.0877. The molecule has 1 aliphatic heterocycles. The van der Waals surface area contributed by atoms with E-state index in [-0.39, 0.29) is 36.9 Å². The number of ether oxygens (including phenoxy) is 1. The summed E-state index contributed by atoms with van der Waals surface area (Å²) in [5.74, 6) is -9.59. The molecule has 2 aliphatic rings. The SMILES string of the molecule is CN(CCO)Cc1cc(O[C@H]2CC[C@@H](N3CC(CC#N)(n4cc(-c5ncnc6[nH]ccc56)cn4)C3)CC2)nc(C(F)(F)F)n1.O=C(O)C(F)(F)F.O=C(O)C(F)(F)F.O=C(O)C(F)(F)F. The first-order valence-electron chi connectivity index (χ1n) is 18.3. The molecule has 5 N–H and O–H groups in total. The van der Waals surface area contributed by atoms with Crippen molar-refractivity contribution in [1.82, 2.24) is 44.5 Å². The zero-order chi connectivity index (χ0) is 49.1. The van der Waals surface area contributed by atoms with Crippen molar-refractivity contribution < 1.29 is 92.2 Å². The number of aromatic nitrogens is 7. The second-order valence-electron chi connectivity index (χ2n) is 14.0. The molecule has 1 saturated heterocycles. The number of rotatable bonds is 10. The number of carbonyl (C=O) groups is 3. The van der Waals surface area contributed by atoms with Gasteiger partial charge in [-0.15, -0.1) is 0 Å². The van der Waals surface area contributed by atoms with E-state index in [4.69, 9.17) is 39.5 Å². The molecule has 5 heterocycles. The van der Waals surface area contributed by atoms with Gasteiger partial charge in [0.05, 0.1) is 36.7 Å². The fourth-order valence-electron chi connectivity index (χ4n) is 6.23. The van der Waals surface area contributed by atoms with Gasteiger partial charge in [0.25, 0.3) is 0 Å². The van der Waals surface area contributed by atoms with E-state index in [0.29, 0.717) is 38.9 Å². The molecule has 4 aromatic heterocycles. The van der Waals surface area contributed by atoms with Crippen LogP contribution in [0.4, 0.5) is 52.7 Å². The third-order valence-corrected chi connectivity index (χ3v) is 9.20. The van der Waals surface area contributed by atoms with Crippen LogP contribution in [-0.4, -0.2) is 147 Å². The Kier molecular flexibility index (Phi) is 17.6. The average molecular weight is 953 g/mol. The summed E-state index contributed by atoms with van der Waals surface area (Å²) < 4.78 is 144. The molecule has 0 atom stereocenters. The molecule has 358 valence electrons. The highest BCUT2D eigenvalue weighted by molar-refractivity contribution is 5.90. The maximum atomic E-state index is 13.5. The second-order valence-corrected chi connectivity index (χ2v) is 14.0. The van der Waals surface area contributed by atoms with E-state index >= 15 is 0 Å². The van der Waals surface area contributed by atoms with E-state index < -0.39 is 54.0 Å². The normalized spacial score (nSPS) is 17.5. The maximum Gasteiger partial charge on any atom is 0.490 e. The number of aliphatic hydroxyl groups is 1. The molecular formula is C35H36F12N10O8. The third kappa shape index (κ3) is 15.4. The van der Waals surface area contributed by atoms with Gasteiger partial charge in [-0.05, 0) is 38.8 Å². The van der Waals surface area contributed by atoms with E-state index in [1.165, 1.54) is 12.4 Å². The number of carboxylic acids is 3. The maximum absolute atomic E-state index is 13.5. The monoisotopic (exact) mass is 952 g/mol. The van der Waals surface area contributed by atoms with Crippen LogP contribution in [0.2, 0.25) is 0 Å². The van der Waals surface area contributed by atoms with Crippen molar-refractivity contribution in [2.75, 3.05) is 33.3 Å². The number of nitriles is 1. The molecule has 0 aromatic carbocycles. The Hall–Kier alpha value is -6.35. The molecule has 0 spiro atoms. The lowest BCUT2D eigenvalue weighted by Gasteiger charge is -2.53. The molecule has 1 aliphatic carbocycles. The van der Waals surface area contributed by atoms with Crippen molar-refractivity contribution in [2.45, 2.75) is 81.0 Å².